The number of amides is 1. The minimum atomic E-state index is -0.944. The van der Waals surface area contributed by atoms with Crippen LogP contribution in [0, 0.1) is 18.6 Å². The van der Waals surface area contributed by atoms with Gasteiger partial charge in [-0.1, -0.05) is 0 Å². The lowest BCUT2D eigenvalue weighted by atomic mass is 10.1. The summed E-state index contributed by atoms with van der Waals surface area (Å²) in [5.74, 6) is -2.89. The molecule has 6 heteroatoms. The molecule has 0 unspecified atom stereocenters. The molecule has 0 aliphatic heterocycles. The summed E-state index contributed by atoms with van der Waals surface area (Å²) < 4.78 is 31.6. The van der Waals surface area contributed by atoms with E-state index in [0.29, 0.717) is 6.07 Å². The molecule has 1 rings (SSSR count). The van der Waals surface area contributed by atoms with Gasteiger partial charge in [0.1, 0.15) is 18.2 Å². The van der Waals surface area contributed by atoms with Gasteiger partial charge in [-0.25, -0.2) is 8.78 Å². The number of esters is 1. The number of hydrogen-bond acceptors (Lipinski definition) is 3. The van der Waals surface area contributed by atoms with Crippen LogP contribution in [0.15, 0.2) is 12.1 Å². The van der Waals surface area contributed by atoms with Crippen molar-refractivity contribution in [3.05, 3.63) is 34.9 Å². The predicted molar refractivity (Wildman–Crippen MR) is 69.3 cm³/mol. The maximum absolute atomic E-state index is 13.7. The largest absolute Gasteiger partial charge is 0.465 e. The number of hydrogen-bond donors (Lipinski definition) is 0. The molecular weight excluding hydrogens is 268 g/mol. The van der Waals surface area contributed by atoms with Gasteiger partial charge in [-0.2, -0.15) is 0 Å². The molecule has 110 valence electrons. The summed E-state index contributed by atoms with van der Waals surface area (Å²) in [5.41, 5.74) is -0.0861. The predicted octanol–water partition coefficient (Wildman–Crippen LogP) is 2.30. The van der Waals surface area contributed by atoms with Crippen LogP contribution in [0.25, 0.3) is 0 Å². The third kappa shape index (κ3) is 3.76. The Morgan fingerprint density at radius 3 is 2.40 bits per heavy atom. The van der Waals surface area contributed by atoms with Crippen molar-refractivity contribution in [3.63, 3.8) is 0 Å². The van der Waals surface area contributed by atoms with Crippen molar-refractivity contribution in [2.45, 2.75) is 20.8 Å². The fraction of sp³-hybridized carbons (Fsp3) is 0.429. The SMILES string of the molecule is CCOC(=O)CN(CC)C(=O)c1cc(C)c(F)cc1F. The van der Waals surface area contributed by atoms with E-state index in [9.17, 15) is 18.4 Å². The van der Waals surface area contributed by atoms with Crippen LogP contribution in [-0.2, 0) is 9.53 Å². The van der Waals surface area contributed by atoms with E-state index in [4.69, 9.17) is 4.74 Å². The summed E-state index contributed by atoms with van der Waals surface area (Å²) in [6.07, 6.45) is 0. The lowest BCUT2D eigenvalue weighted by Gasteiger charge is -2.20. The standard InChI is InChI=1S/C14H17F2NO3/c1-4-17(8-13(18)20-5-2)14(19)10-6-9(3)11(15)7-12(10)16/h6-7H,4-5,8H2,1-3H3. The van der Waals surface area contributed by atoms with Gasteiger partial charge in [0.15, 0.2) is 0 Å². The number of aryl methyl sites for hydroxylation is 1. The smallest absolute Gasteiger partial charge is 0.325 e. The Morgan fingerprint density at radius 2 is 1.85 bits per heavy atom. The number of likely N-dealkylation sites (N-methyl/N-ethyl adjacent to an activating group) is 1. The summed E-state index contributed by atoms with van der Waals surface area (Å²) in [4.78, 5) is 24.7. The van der Waals surface area contributed by atoms with Crippen molar-refractivity contribution in [1.82, 2.24) is 4.90 Å². The lowest BCUT2D eigenvalue weighted by molar-refractivity contribution is -0.143. The van der Waals surface area contributed by atoms with E-state index < -0.39 is 23.5 Å². The van der Waals surface area contributed by atoms with Crippen molar-refractivity contribution < 1.29 is 23.1 Å². The van der Waals surface area contributed by atoms with Gasteiger partial charge in [-0.3, -0.25) is 9.59 Å². The minimum absolute atomic E-state index is 0.168. The van der Waals surface area contributed by atoms with Crippen LogP contribution in [0.4, 0.5) is 8.78 Å². The van der Waals surface area contributed by atoms with Crippen LogP contribution in [0.3, 0.4) is 0 Å². The molecule has 0 atom stereocenters. The Bertz CT molecular complexity index is 517. The van der Waals surface area contributed by atoms with Crippen LogP contribution in [0.1, 0.15) is 29.8 Å². The number of nitrogens with zero attached hydrogens (tertiary/aromatic N) is 1. The van der Waals surface area contributed by atoms with Gasteiger partial charge in [0.2, 0.25) is 0 Å². The Morgan fingerprint density at radius 1 is 1.20 bits per heavy atom. The number of ether oxygens (including phenoxy) is 1. The van der Waals surface area contributed by atoms with Crippen LogP contribution in [-0.4, -0.2) is 36.5 Å². The number of rotatable bonds is 5. The van der Waals surface area contributed by atoms with E-state index in [0.717, 1.165) is 11.0 Å². The summed E-state index contributed by atoms with van der Waals surface area (Å²) >= 11 is 0. The minimum Gasteiger partial charge on any atom is -0.465 e. The zero-order valence-corrected chi connectivity index (χ0v) is 11.7. The molecule has 0 aliphatic rings. The molecule has 1 amide bonds. The summed E-state index contributed by atoms with van der Waals surface area (Å²) in [6.45, 7) is 4.90. The molecule has 0 radical (unpaired) electrons. The molecule has 1 aromatic carbocycles. The van der Waals surface area contributed by atoms with Crippen molar-refractivity contribution in [2.75, 3.05) is 19.7 Å². The average molecular weight is 285 g/mol. The fourth-order valence-electron chi connectivity index (χ4n) is 1.68. The van der Waals surface area contributed by atoms with Gasteiger partial charge in [0.05, 0.1) is 12.2 Å². The number of benzene rings is 1. The van der Waals surface area contributed by atoms with E-state index in [-0.39, 0.29) is 30.8 Å². The molecule has 0 spiro atoms. The second-order valence-corrected chi connectivity index (χ2v) is 4.21. The zero-order valence-electron chi connectivity index (χ0n) is 11.7. The van der Waals surface area contributed by atoms with Crippen LogP contribution < -0.4 is 0 Å². The molecule has 4 nitrogen and oxygen atoms in total. The molecule has 1 aromatic rings. The average Bonchev–Trinajstić information content (AvgIpc) is 2.39. The molecule has 0 aromatic heterocycles. The third-order valence-corrected chi connectivity index (χ3v) is 2.77. The second kappa shape index (κ2) is 6.98. The maximum atomic E-state index is 13.7. The molecule has 0 saturated heterocycles. The van der Waals surface area contributed by atoms with Crippen LogP contribution in [0.2, 0.25) is 0 Å². The van der Waals surface area contributed by atoms with Gasteiger partial charge in [-0.05, 0) is 32.4 Å². The number of carbonyl (C=O) groups is 2. The molecule has 0 heterocycles. The van der Waals surface area contributed by atoms with E-state index >= 15 is 0 Å². The summed E-state index contributed by atoms with van der Waals surface area (Å²) in [6, 6.07) is 1.81. The maximum Gasteiger partial charge on any atom is 0.325 e. The van der Waals surface area contributed by atoms with Crippen molar-refractivity contribution >= 4 is 11.9 Å². The molecule has 0 aliphatic carbocycles. The quantitative estimate of drug-likeness (QED) is 0.780. The van der Waals surface area contributed by atoms with E-state index in [1.165, 1.54) is 6.92 Å². The highest BCUT2D eigenvalue weighted by Gasteiger charge is 2.22. The Hall–Kier alpha value is -1.98. The summed E-state index contributed by atoms with van der Waals surface area (Å²) in [5, 5.41) is 0. The first-order valence-corrected chi connectivity index (χ1v) is 6.31. The van der Waals surface area contributed by atoms with Crippen molar-refractivity contribution in [2.24, 2.45) is 0 Å². The van der Waals surface area contributed by atoms with E-state index in [1.54, 1.807) is 13.8 Å². The first-order chi connectivity index (χ1) is 9.40. The molecule has 0 saturated carbocycles. The number of halogens is 2. The van der Waals surface area contributed by atoms with E-state index in [2.05, 4.69) is 0 Å². The normalized spacial score (nSPS) is 10.2. The molecule has 0 bridgehead atoms. The highest BCUT2D eigenvalue weighted by molar-refractivity contribution is 5.96. The first-order valence-electron chi connectivity index (χ1n) is 6.31. The molecule has 0 fully saturated rings. The Kier molecular flexibility index (Phi) is 5.61. The fourth-order valence-corrected chi connectivity index (χ4v) is 1.68. The van der Waals surface area contributed by atoms with Gasteiger partial charge < -0.3 is 9.64 Å². The molecule has 20 heavy (non-hydrogen) atoms. The van der Waals surface area contributed by atoms with Gasteiger partial charge >= 0.3 is 5.97 Å². The van der Waals surface area contributed by atoms with Gasteiger partial charge in [0.25, 0.3) is 5.91 Å². The second-order valence-electron chi connectivity index (χ2n) is 4.21. The van der Waals surface area contributed by atoms with Crippen LogP contribution in [0.5, 0.6) is 0 Å². The highest BCUT2D eigenvalue weighted by atomic mass is 19.1. The van der Waals surface area contributed by atoms with Crippen LogP contribution >= 0.6 is 0 Å². The molecule has 0 N–H and O–H groups in total. The van der Waals surface area contributed by atoms with Gasteiger partial charge in [-0.15, -0.1) is 0 Å². The van der Waals surface area contributed by atoms with Crippen molar-refractivity contribution in [3.8, 4) is 0 Å². The topological polar surface area (TPSA) is 46.6 Å². The van der Waals surface area contributed by atoms with Gasteiger partial charge in [0, 0.05) is 12.6 Å². The third-order valence-electron chi connectivity index (χ3n) is 2.77. The lowest BCUT2D eigenvalue weighted by Crippen LogP contribution is -2.36. The highest BCUT2D eigenvalue weighted by Crippen LogP contribution is 2.16. The summed E-state index contributed by atoms with van der Waals surface area (Å²) in [7, 11) is 0. The molecular formula is C14H17F2NO3. The van der Waals surface area contributed by atoms with E-state index in [1.807, 2.05) is 0 Å². The van der Waals surface area contributed by atoms with Crippen molar-refractivity contribution in [1.29, 1.82) is 0 Å². The Balaban J connectivity index is 2.97. The first kappa shape index (κ1) is 16.1. The zero-order chi connectivity index (χ0) is 15.3. The number of carbonyl (C=O) groups excluding carboxylic acids is 2. The monoisotopic (exact) mass is 285 g/mol. The Labute approximate surface area is 116 Å².